The molecule has 0 aliphatic carbocycles. The maximum Gasteiger partial charge on any atom is 0.351 e. The molecule has 8 heteroatoms. The summed E-state index contributed by atoms with van der Waals surface area (Å²) in [6.45, 7) is -0.0728. The number of nitrogens with zero attached hydrogens (tertiary/aromatic N) is 2. The smallest absolute Gasteiger partial charge is 0.351 e. The second-order valence-electron chi connectivity index (χ2n) is 5.48. The molecule has 132 valence electrons. The van der Waals surface area contributed by atoms with Gasteiger partial charge in [0.15, 0.2) is 18.1 Å². The van der Waals surface area contributed by atoms with Crippen molar-refractivity contribution >= 4 is 17.6 Å². The standard InChI is InChI=1S/C18H13ClN2O5/c19-12-7-5-11(6-8-12)17-21-20-16(26-17)10-24-18(22)15-9-23-13-3-1-2-4-14(13)25-15/h1-8,15H,9-10H2/t15-/m0/s1. The van der Waals surface area contributed by atoms with Crippen molar-refractivity contribution in [2.75, 3.05) is 6.61 Å². The Bertz CT molecular complexity index is 925. The lowest BCUT2D eigenvalue weighted by Crippen LogP contribution is -2.37. The number of ether oxygens (including phenoxy) is 3. The van der Waals surface area contributed by atoms with Crippen molar-refractivity contribution in [1.29, 1.82) is 0 Å². The highest BCUT2D eigenvalue weighted by atomic mass is 35.5. The van der Waals surface area contributed by atoms with Gasteiger partial charge in [0.1, 0.15) is 6.61 Å². The van der Waals surface area contributed by atoms with E-state index in [1.165, 1.54) is 0 Å². The molecule has 0 radical (unpaired) electrons. The Morgan fingerprint density at radius 3 is 2.69 bits per heavy atom. The Hall–Kier alpha value is -3.06. The molecule has 0 saturated carbocycles. The molecule has 0 N–H and O–H groups in total. The van der Waals surface area contributed by atoms with E-state index in [0.717, 1.165) is 5.56 Å². The Balaban J connectivity index is 1.36. The largest absolute Gasteiger partial charge is 0.485 e. The molecular weight excluding hydrogens is 360 g/mol. The maximum absolute atomic E-state index is 12.2. The second kappa shape index (κ2) is 7.05. The van der Waals surface area contributed by atoms with E-state index in [9.17, 15) is 4.79 Å². The molecule has 4 rings (SSSR count). The van der Waals surface area contributed by atoms with E-state index in [2.05, 4.69) is 10.2 Å². The number of benzene rings is 2. The molecule has 1 aromatic heterocycles. The zero-order valence-corrected chi connectivity index (χ0v) is 14.2. The van der Waals surface area contributed by atoms with Gasteiger partial charge in [-0.15, -0.1) is 10.2 Å². The number of hydrogen-bond acceptors (Lipinski definition) is 7. The average molecular weight is 373 g/mol. The quantitative estimate of drug-likeness (QED) is 0.650. The van der Waals surface area contributed by atoms with Crippen molar-refractivity contribution in [3.63, 3.8) is 0 Å². The highest BCUT2D eigenvalue weighted by Crippen LogP contribution is 2.31. The van der Waals surface area contributed by atoms with Gasteiger partial charge in [-0.05, 0) is 36.4 Å². The monoisotopic (exact) mass is 372 g/mol. The fraction of sp³-hybridized carbons (Fsp3) is 0.167. The highest BCUT2D eigenvalue weighted by molar-refractivity contribution is 6.30. The third-order valence-corrected chi connectivity index (χ3v) is 3.92. The molecule has 26 heavy (non-hydrogen) atoms. The minimum atomic E-state index is -0.844. The number of aromatic nitrogens is 2. The molecule has 0 unspecified atom stereocenters. The summed E-state index contributed by atoms with van der Waals surface area (Å²) in [6.07, 6.45) is -0.844. The molecular formula is C18H13ClN2O5. The van der Waals surface area contributed by atoms with Gasteiger partial charge in [-0.25, -0.2) is 4.79 Å². The molecule has 0 fully saturated rings. The number of para-hydroxylation sites is 2. The molecule has 0 spiro atoms. The Morgan fingerprint density at radius 2 is 1.88 bits per heavy atom. The molecule has 1 aliphatic rings. The minimum absolute atomic E-state index is 0.0791. The zero-order valence-electron chi connectivity index (χ0n) is 13.4. The Morgan fingerprint density at radius 1 is 1.12 bits per heavy atom. The van der Waals surface area contributed by atoms with Crippen LogP contribution in [0.2, 0.25) is 5.02 Å². The van der Waals surface area contributed by atoms with Crippen LogP contribution in [0.1, 0.15) is 5.89 Å². The van der Waals surface area contributed by atoms with E-state index >= 15 is 0 Å². The number of fused-ring (bicyclic) bond motifs is 1. The van der Waals surface area contributed by atoms with Gasteiger partial charge in [0.25, 0.3) is 5.89 Å². The lowest BCUT2D eigenvalue weighted by Gasteiger charge is -2.24. The van der Waals surface area contributed by atoms with Crippen LogP contribution in [0, 0.1) is 0 Å². The van der Waals surface area contributed by atoms with E-state index in [1.807, 2.05) is 6.07 Å². The van der Waals surface area contributed by atoms with E-state index < -0.39 is 12.1 Å². The molecule has 3 aromatic rings. The number of hydrogen-bond donors (Lipinski definition) is 0. The molecule has 1 atom stereocenters. The molecule has 0 amide bonds. The SMILES string of the molecule is O=C(OCc1nnc(-c2ccc(Cl)cc2)o1)[C@@H]1COc2ccccc2O1. The Labute approximate surface area is 153 Å². The number of halogens is 1. The van der Waals surface area contributed by atoms with E-state index in [-0.39, 0.29) is 19.1 Å². The van der Waals surface area contributed by atoms with Crippen LogP contribution in [0.4, 0.5) is 0 Å². The summed E-state index contributed by atoms with van der Waals surface area (Å²) in [7, 11) is 0. The first-order chi connectivity index (χ1) is 12.7. The van der Waals surface area contributed by atoms with Crippen molar-refractivity contribution in [3.8, 4) is 23.0 Å². The third kappa shape index (κ3) is 3.48. The summed E-state index contributed by atoms with van der Waals surface area (Å²) in [5.41, 5.74) is 0.722. The Kier molecular flexibility index (Phi) is 4.45. The summed E-state index contributed by atoms with van der Waals surface area (Å²) in [6, 6.07) is 14.1. The first-order valence-corrected chi connectivity index (χ1v) is 8.20. The lowest BCUT2D eigenvalue weighted by atomic mass is 10.2. The fourth-order valence-electron chi connectivity index (χ4n) is 2.38. The topological polar surface area (TPSA) is 83.7 Å². The van der Waals surface area contributed by atoms with Crippen LogP contribution in [0.3, 0.4) is 0 Å². The number of rotatable bonds is 4. The number of carbonyl (C=O) groups is 1. The average Bonchev–Trinajstić information content (AvgIpc) is 3.15. The minimum Gasteiger partial charge on any atom is -0.485 e. The predicted molar refractivity (Wildman–Crippen MR) is 90.9 cm³/mol. The first kappa shape index (κ1) is 16.4. The predicted octanol–water partition coefficient (Wildman–Crippen LogP) is 3.27. The van der Waals surface area contributed by atoms with Crippen LogP contribution >= 0.6 is 11.6 Å². The van der Waals surface area contributed by atoms with Crippen molar-refractivity contribution in [2.24, 2.45) is 0 Å². The van der Waals surface area contributed by atoms with Gasteiger partial charge in [-0.2, -0.15) is 0 Å². The highest BCUT2D eigenvalue weighted by Gasteiger charge is 2.29. The summed E-state index contributed by atoms with van der Waals surface area (Å²) >= 11 is 5.85. The summed E-state index contributed by atoms with van der Waals surface area (Å²) in [5.74, 6) is 1.04. The van der Waals surface area contributed by atoms with Crippen molar-refractivity contribution < 1.29 is 23.4 Å². The zero-order chi connectivity index (χ0) is 17.9. The van der Waals surface area contributed by atoms with Crippen LogP contribution in [0.25, 0.3) is 11.5 Å². The van der Waals surface area contributed by atoms with Crippen LogP contribution < -0.4 is 9.47 Å². The summed E-state index contributed by atoms with van der Waals surface area (Å²) < 4.78 is 21.8. The van der Waals surface area contributed by atoms with Crippen LogP contribution in [0.15, 0.2) is 52.9 Å². The molecule has 1 aliphatic heterocycles. The van der Waals surface area contributed by atoms with Gasteiger partial charge in [0, 0.05) is 10.6 Å². The van der Waals surface area contributed by atoms with Gasteiger partial charge < -0.3 is 18.6 Å². The summed E-state index contributed by atoms with van der Waals surface area (Å²) in [5, 5.41) is 8.41. The lowest BCUT2D eigenvalue weighted by molar-refractivity contribution is -0.156. The van der Waals surface area contributed by atoms with E-state index in [1.54, 1.807) is 42.5 Å². The van der Waals surface area contributed by atoms with Gasteiger partial charge in [0.05, 0.1) is 0 Å². The molecule has 0 bridgehead atoms. The van der Waals surface area contributed by atoms with Crippen molar-refractivity contribution in [2.45, 2.75) is 12.7 Å². The maximum atomic E-state index is 12.2. The first-order valence-electron chi connectivity index (χ1n) is 7.82. The van der Waals surface area contributed by atoms with Gasteiger partial charge in [-0.1, -0.05) is 23.7 Å². The van der Waals surface area contributed by atoms with Crippen molar-refractivity contribution in [3.05, 3.63) is 59.4 Å². The van der Waals surface area contributed by atoms with Gasteiger partial charge in [-0.3, -0.25) is 0 Å². The summed E-state index contributed by atoms with van der Waals surface area (Å²) in [4.78, 5) is 12.2. The second-order valence-corrected chi connectivity index (χ2v) is 5.92. The third-order valence-electron chi connectivity index (χ3n) is 3.67. The van der Waals surface area contributed by atoms with Gasteiger partial charge >= 0.3 is 5.97 Å². The van der Waals surface area contributed by atoms with Crippen molar-refractivity contribution in [1.82, 2.24) is 10.2 Å². The molecule has 2 heterocycles. The van der Waals surface area contributed by atoms with E-state index in [4.69, 9.17) is 30.2 Å². The molecule has 0 saturated heterocycles. The van der Waals surface area contributed by atoms with Crippen LogP contribution in [0.5, 0.6) is 11.5 Å². The van der Waals surface area contributed by atoms with Crippen LogP contribution in [-0.2, 0) is 16.1 Å². The van der Waals surface area contributed by atoms with Gasteiger partial charge in [0.2, 0.25) is 12.0 Å². The fourth-order valence-corrected chi connectivity index (χ4v) is 2.51. The van der Waals surface area contributed by atoms with E-state index in [0.29, 0.717) is 22.4 Å². The number of carbonyl (C=O) groups excluding carboxylic acids is 1. The molecule has 7 nitrogen and oxygen atoms in total. The molecule has 2 aromatic carbocycles. The normalized spacial score (nSPS) is 15.5. The van der Waals surface area contributed by atoms with Crippen LogP contribution in [-0.4, -0.2) is 28.9 Å². The number of esters is 1.